The van der Waals surface area contributed by atoms with Gasteiger partial charge in [0, 0.05) is 35.4 Å². The zero-order valence-electron chi connectivity index (χ0n) is 19.5. The zero-order chi connectivity index (χ0) is 23.4. The first-order chi connectivity index (χ1) is 15.9. The van der Waals surface area contributed by atoms with E-state index in [2.05, 4.69) is 60.1 Å². The number of aryl methyl sites for hydroxylation is 1. The van der Waals surface area contributed by atoms with Crippen molar-refractivity contribution in [1.82, 2.24) is 15.0 Å². The van der Waals surface area contributed by atoms with Gasteiger partial charge in [0.15, 0.2) is 0 Å². The molecule has 0 saturated carbocycles. The summed E-state index contributed by atoms with van der Waals surface area (Å²) in [6.07, 6.45) is 2.76. The van der Waals surface area contributed by atoms with Crippen molar-refractivity contribution in [1.29, 1.82) is 0 Å². The first-order valence-electron chi connectivity index (χ1n) is 11.6. The van der Waals surface area contributed by atoms with Crippen LogP contribution in [0, 0.1) is 12.8 Å². The molecular formula is C26H31ClN4O2. The minimum atomic E-state index is -0.0484. The Kier molecular flexibility index (Phi) is 7.33. The molecule has 0 aliphatic carbocycles. The molecule has 7 heteroatoms. The van der Waals surface area contributed by atoms with Gasteiger partial charge >= 0.3 is 0 Å². The van der Waals surface area contributed by atoms with E-state index < -0.39 is 0 Å². The number of piperidine rings is 1. The van der Waals surface area contributed by atoms with Gasteiger partial charge in [-0.1, -0.05) is 41.4 Å². The number of hydrogen-bond donors (Lipinski definition) is 0. The highest BCUT2D eigenvalue weighted by molar-refractivity contribution is 6.30. The normalized spacial score (nSPS) is 17.1. The Hall–Kier alpha value is -2.86. The molecule has 174 valence electrons. The summed E-state index contributed by atoms with van der Waals surface area (Å²) in [5.41, 5.74) is 3.25. The number of aromatic nitrogens is 2. The maximum Gasteiger partial charge on any atom is 0.246 e. The van der Waals surface area contributed by atoms with Crippen LogP contribution in [0.1, 0.15) is 44.6 Å². The highest BCUT2D eigenvalue weighted by Gasteiger charge is 2.32. The molecule has 1 fully saturated rings. The van der Waals surface area contributed by atoms with Crippen LogP contribution in [0.2, 0.25) is 5.02 Å². The van der Waals surface area contributed by atoms with Crippen molar-refractivity contribution in [2.75, 3.05) is 18.0 Å². The second-order valence-corrected chi connectivity index (χ2v) is 9.30. The van der Waals surface area contributed by atoms with E-state index in [-0.39, 0.29) is 17.9 Å². The van der Waals surface area contributed by atoms with Gasteiger partial charge < -0.3 is 14.3 Å². The van der Waals surface area contributed by atoms with Crippen molar-refractivity contribution >= 4 is 23.2 Å². The van der Waals surface area contributed by atoms with Gasteiger partial charge in [0.2, 0.25) is 17.6 Å². The second-order valence-electron chi connectivity index (χ2n) is 8.86. The first kappa shape index (κ1) is 23.3. The molecule has 2 aromatic carbocycles. The van der Waals surface area contributed by atoms with Crippen molar-refractivity contribution in [2.45, 2.75) is 52.6 Å². The number of halogens is 1. The van der Waals surface area contributed by atoms with Crippen LogP contribution in [-0.4, -0.2) is 40.1 Å². The summed E-state index contributed by atoms with van der Waals surface area (Å²) in [6.45, 7) is 8.28. The fourth-order valence-corrected chi connectivity index (χ4v) is 4.38. The number of carbonyl (C=O) groups excluding carboxylic acids is 1. The maximum atomic E-state index is 13.6. The third-order valence-electron chi connectivity index (χ3n) is 6.45. The molecule has 2 atom stereocenters. The quantitative estimate of drug-likeness (QED) is 0.444. The van der Waals surface area contributed by atoms with Crippen LogP contribution in [0.3, 0.4) is 0 Å². The molecule has 1 saturated heterocycles. The molecule has 1 aliphatic heterocycles. The molecule has 0 N–H and O–H groups in total. The molecule has 1 amide bonds. The highest BCUT2D eigenvalue weighted by Crippen LogP contribution is 2.27. The monoisotopic (exact) mass is 466 g/mol. The number of amides is 1. The molecule has 4 rings (SSSR count). The van der Waals surface area contributed by atoms with E-state index in [0.717, 1.165) is 37.9 Å². The summed E-state index contributed by atoms with van der Waals surface area (Å²) in [5.74, 6) is 1.06. The van der Waals surface area contributed by atoms with Gasteiger partial charge in [0.05, 0.1) is 5.92 Å². The smallest absolute Gasteiger partial charge is 0.246 e. The summed E-state index contributed by atoms with van der Waals surface area (Å²) >= 11 is 5.98. The average Bonchev–Trinajstić information content (AvgIpc) is 3.31. The van der Waals surface area contributed by atoms with Gasteiger partial charge in [-0.15, -0.1) is 0 Å². The third kappa shape index (κ3) is 5.56. The fourth-order valence-electron chi connectivity index (χ4n) is 4.26. The van der Waals surface area contributed by atoms with E-state index in [1.165, 1.54) is 11.3 Å². The predicted molar refractivity (Wildman–Crippen MR) is 131 cm³/mol. The number of benzene rings is 2. The van der Waals surface area contributed by atoms with E-state index in [1.54, 1.807) is 12.1 Å². The standard InChI is InChI=1S/C26H31ClN4O2/c1-4-19(3)31(17-24-28-25(29-33-24)20-9-11-22(27)12-10-20)26(32)21-6-5-15-30(16-21)23-13-7-18(2)8-14-23/h7-14,19,21H,4-6,15-17H2,1-3H3. The molecule has 33 heavy (non-hydrogen) atoms. The Labute approximate surface area is 200 Å². The number of nitrogens with zero attached hydrogens (tertiary/aromatic N) is 4. The second kappa shape index (κ2) is 10.4. The maximum absolute atomic E-state index is 13.6. The van der Waals surface area contributed by atoms with Crippen molar-refractivity contribution in [3.05, 3.63) is 65.0 Å². The number of hydrogen-bond acceptors (Lipinski definition) is 5. The minimum Gasteiger partial charge on any atom is -0.371 e. The van der Waals surface area contributed by atoms with Crippen LogP contribution in [0.15, 0.2) is 53.1 Å². The zero-order valence-corrected chi connectivity index (χ0v) is 20.3. The van der Waals surface area contributed by atoms with Crippen LogP contribution in [-0.2, 0) is 11.3 Å². The van der Waals surface area contributed by atoms with Crippen molar-refractivity contribution < 1.29 is 9.32 Å². The Bertz CT molecular complexity index is 1060. The van der Waals surface area contributed by atoms with Gasteiger partial charge in [-0.05, 0) is 69.5 Å². The lowest BCUT2D eigenvalue weighted by Gasteiger charge is -2.37. The molecule has 2 unspecified atom stereocenters. The Morgan fingerprint density at radius 2 is 1.94 bits per heavy atom. The van der Waals surface area contributed by atoms with Gasteiger partial charge in [-0.3, -0.25) is 4.79 Å². The van der Waals surface area contributed by atoms with E-state index in [0.29, 0.717) is 23.3 Å². The summed E-state index contributed by atoms with van der Waals surface area (Å²) in [4.78, 5) is 22.4. The first-order valence-corrected chi connectivity index (χ1v) is 12.0. The fraction of sp³-hybridized carbons (Fsp3) is 0.423. The molecule has 0 spiro atoms. The van der Waals surface area contributed by atoms with E-state index in [1.807, 2.05) is 17.0 Å². The van der Waals surface area contributed by atoms with E-state index >= 15 is 0 Å². The van der Waals surface area contributed by atoms with Crippen molar-refractivity contribution in [2.24, 2.45) is 5.92 Å². The summed E-state index contributed by atoms with van der Waals surface area (Å²) in [7, 11) is 0. The Morgan fingerprint density at radius 3 is 2.64 bits per heavy atom. The van der Waals surface area contributed by atoms with Crippen LogP contribution in [0.4, 0.5) is 5.69 Å². The molecule has 1 aliphatic rings. The SMILES string of the molecule is CCC(C)N(Cc1nc(-c2ccc(Cl)cc2)no1)C(=O)C1CCCN(c2ccc(C)cc2)C1. The largest absolute Gasteiger partial charge is 0.371 e. The van der Waals surface area contributed by atoms with Crippen LogP contribution in [0.25, 0.3) is 11.4 Å². The van der Waals surface area contributed by atoms with Crippen LogP contribution in [0.5, 0.6) is 0 Å². The highest BCUT2D eigenvalue weighted by atomic mass is 35.5. The van der Waals surface area contributed by atoms with Gasteiger partial charge in [-0.2, -0.15) is 4.98 Å². The van der Waals surface area contributed by atoms with Gasteiger partial charge in [-0.25, -0.2) is 0 Å². The van der Waals surface area contributed by atoms with Crippen LogP contribution < -0.4 is 4.90 Å². The molecule has 6 nitrogen and oxygen atoms in total. The summed E-state index contributed by atoms with van der Waals surface area (Å²) in [6, 6.07) is 15.9. The lowest BCUT2D eigenvalue weighted by atomic mass is 9.95. The minimum absolute atomic E-state index is 0.0484. The van der Waals surface area contributed by atoms with Gasteiger partial charge in [0.25, 0.3) is 0 Å². The molecule has 1 aromatic heterocycles. The van der Waals surface area contributed by atoms with Crippen molar-refractivity contribution in [3.63, 3.8) is 0 Å². The summed E-state index contributed by atoms with van der Waals surface area (Å²) in [5, 5.41) is 4.77. The third-order valence-corrected chi connectivity index (χ3v) is 6.70. The average molecular weight is 467 g/mol. The van der Waals surface area contributed by atoms with Crippen LogP contribution >= 0.6 is 11.6 Å². The number of anilines is 1. The number of rotatable bonds is 7. The lowest BCUT2D eigenvalue weighted by molar-refractivity contribution is -0.139. The predicted octanol–water partition coefficient (Wildman–Crippen LogP) is 5.74. The topological polar surface area (TPSA) is 62.5 Å². The molecule has 2 heterocycles. The summed E-state index contributed by atoms with van der Waals surface area (Å²) < 4.78 is 5.52. The van der Waals surface area contributed by atoms with Gasteiger partial charge in [0.1, 0.15) is 6.54 Å². The molecule has 0 bridgehead atoms. The Balaban J connectivity index is 1.48. The molecule has 3 aromatic rings. The Morgan fingerprint density at radius 1 is 1.21 bits per heavy atom. The molecular weight excluding hydrogens is 436 g/mol. The van der Waals surface area contributed by atoms with E-state index in [4.69, 9.17) is 16.1 Å². The number of carbonyl (C=O) groups is 1. The lowest BCUT2D eigenvalue weighted by Crippen LogP contribution is -2.47. The van der Waals surface area contributed by atoms with E-state index in [9.17, 15) is 4.79 Å². The molecule has 0 radical (unpaired) electrons. The van der Waals surface area contributed by atoms with Crippen molar-refractivity contribution in [3.8, 4) is 11.4 Å².